The monoisotopic (exact) mass is 860 g/mol. The number of nitrogens with one attached hydrogen (secondary N) is 2. The van der Waals surface area contributed by atoms with Crippen LogP contribution in [0.2, 0.25) is 0 Å². The number of Topliss-reactive ketones (excluding diaryl/α,β-unsaturated/α-hetero) is 2. The van der Waals surface area contributed by atoms with Gasteiger partial charge in [-0.1, -0.05) is 69.9 Å². The van der Waals surface area contributed by atoms with Crippen molar-refractivity contribution in [1.29, 1.82) is 0 Å². The van der Waals surface area contributed by atoms with E-state index < -0.39 is 86.2 Å². The van der Waals surface area contributed by atoms with Crippen LogP contribution in [0.25, 0.3) is 0 Å². The Labute approximate surface area is 352 Å². The lowest BCUT2D eigenvalue weighted by Crippen LogP contribution is -2.52. The third kappa shape index (κ3) is 17.0. The molecule has 0 unspecified atom stereocenters. The molecule has 2 aromatic rings. The number of aryl methyl sites for hydroxylation is 2. The first kappa shape index (κ1) is 50.1. The van der Waals surface area contributed by atoms with E-state index in [1.165, 1.54) is 17.4 Å². The number of hydrogen-bond donors (Lipinski definition) is 6. The number of nitrogens with two attached hydrogens (primary N) is 1. The molecule has 17 nitrogen and oxygen atoms in total. The van der Waals surface area contributed by atoms with Crippen molar-refractivity contribution >= 4 is 43.0 Å². The summed E-state index contributed by atoms with van der Waals surface area (Å²) in [4.78, 5) is 104. The number of carbonyl (C=O) groups is 6. The number of ketones is 2. The molecule has 18 heteroatoms. The summed E-state index contributed by atoms with van der Waals surface area (Å²) in [5.74, 6) is -6.48. The van der Waals surface area contributed by atoms with Crippen molar-refractivity contribution < 1.29 is 52.7 Å². The molecular formula is C42H65N6O11P. The Morgan fingerprint density at radius 3 is 2.20 bits per heavy atom. The standard InChI is InChI=1S/C42H65N6O11P/c1-28(2)21-35(45-42(55)37-18-14-20-48(37)30(4)50)38(51)23-32(41(54)46-36(26-49)39(52)24-34(40(43)53)29(3)59-60(56,57)58)22-33-25-44-27-47(33)19-13-8-6-5-7-10-15-31-16-11-9-12-17-31/h9,11-12,16-17,25,27-29,32,34-37,49H,5-8,10,13-15,18-24,26H2,1-4H3,(H2,43,53)(H,45,55)(H,46,54)(H2,56,57,58)/t29-,32-,34+,35+,36+,37+/m1/s1. The van der Waals surface area contributed by atoms with Crippen molar-refractivity contribution in [3.63, 3.8) is 0 Å². The molecular weight excluding hydrogens is 795 g/mol. The number of aliphatic hydroxyl groups is 1. The van der Waals surface area contributed by atoms with Gasteiger partial charge in [-0.05, 0) is 56.9 Å². The fourth-order valence-electron chi connectivity index (χ4n) is 7.67. The maximum atomic E-state index is 14.1. The van der Waals surface area contributed by atoms with E-state index in [2.05, 4.69) is 32.3 Å². The van der Waals surface area contributed by atoms with Crippen molar-refractivity contribution in [2.75, 3.05) is 13.2 Å². The zero-order chi connectivity index (χ0) is 44.4. The number of nitrogens with zero attached hydrogens (tertiary/aromatic N) is 3. The summed E-state index contributed by atoms with van der Waals surface area (Å²) < 4.78 is 17.9. The second-order valence-corrected chi connectivity index (χ2v) is 17.5. The lowest BCUT2D eigenvalue weighted by molar-refractivity contribution is -0.138. The summed E-state index contributed by atoms with van der Waals surface area (Å²) in [5.41, 5.74) is 7.41. The summed E-state index contributed by atoms with van der Waals surface area (Å²) in [6.07, 6.45) is 9.38. The largest absolute Gasteiger partial charge is 0.469 e. The third-order valence-electron chi connectivity index (χ3n) is 10.9. The van der Waals surface area contributed by atoms with Crippen LogP contribution < -0.4 is 16.4 Å². The number of imidazole rings is 1. The molecule has 0 radical (unpaired) electrons. The van der Waals surface area contributed by atoms with Gasteiger partial charge in [0, 0.05) is 51.2 Å². The number of hydrogen-bond acceptors (Lipinski definition) is 10. The first-order valence-corrected chi connectivity index (χ1v) is 22.5. The molecule has 7 N–H and O–H groups in total. The van der Waals surface area contributed by atoms with Gasteiger partial charge in [-0.3, -0.25) is 33.3 Å². The molecule has 4 amide bonds. The maximum Gasteiger partial charge on any atom is 0.469 e. The fraction of sp³-hybridized carbons (Fsp3) is 0.643. The van der Waals surface area contributed by atoms with Crippen LogP contribution in [0.15, 0.2) is 42.9 Å². The number of carbonyl (C=O) groups excluding carboxylic acids is 6. The number of rotatable bonds is 28. The van der Waals surface area contributed by atoms with Gasteiger partial charge >= 0.3 is 7.82 Å². The molecule has 6 atom stereocenters. The summed E-state index contributed by atoms with van der Waals surface area (Å²) >= 11 is 0. The van der Waals surface area contributed by atoms with Crippen LogP contribution in [0.1, 0.15) is 110 Å². The quantitative estimate of drug-likeness (QED) is 0.0533. The van der Waals surface area contributed by atoms with Crippen LogP contribution >= 0.6 is 7.82 Å². The van der Waals surface area contributed by atoms with Gasteiger partial charge in [0.2, 0.25) is 23.6 Å². The molecule has 2 heterocycles. The lowest BCUT2D eigenvalue weighted by Gasteiger charge is -2.27. The van der Waals surface area contributed by atoms with Gasteiger partial charge in [-0.15, -0.1) is 0 Å². The number of aliphatic hydroxyl groups excluding tert-OH is 1. The summed E-state index contributed by atoms with van der Waals surface area (Å²) in [6, 6.07) is 7.12. The van der Waals surface area contributed by atoms with Crippen LogP contribution in [0, 0.1) is 17.8 Å². The van der Waals surface area contributed by atoms with Gasteiger partial charge in [0.05, 0.1) is 36.9 Å². The number of unbranched alkanes of at least 4 members (excludes halogenated alkanes) is 5. The number of likely N-dealkylation sites (tertiary alicyclic amines) is 1. The molecule has 60 heavy (non-hydrogen) atoms. The third-order valence-corrected chi connectivity index (χ3v) is 11.6. The van der Waals surface area contributed by atoms with Gasteiger partial charge < -0.3 is 40.7 Å². The van der Waals surface area contributed by atoms with Crippen molar-refractivity contribution in [3.8, 4) is 0 Å². The number of aromatic nitrogens is 2. The predicted octanol–water partition coefficient (Wildman–Crippen LogP) is 3.16. The highest BCUT2D eigenvalue weighted by atomic mass is 31.2. The molecule has 1 saturated heterocycles. The van der Waals surface area contributed by atoms with Crippen molar-refractivity contribution in [2.45, 2.75) is 142 Å². The summed E-state index contributed by atoms with van der Waals surface area (Å²) in [7, 11) is -5.06. The van der Waals surface area contributed by atoms with E-state index in [4.69, 9.17) is 5.73 Å². The van der Waals surface area contributed by atoms with Gasteiger partial charge in [-0.2, -0.15) is 0 Å². The number of phosphoric ester groups is 1. The van der Waals surface area contributed by atoms with Crippen LogP contribution in [0.5, 0.6) is 0 Å². The average molecular weight is 861 g/mol. The van der Waals surface area contributed by atoms with Gasteiger partial charge in [0.15, 0.2) is 11.6 Å². The fourth-order valence-corrected chi connectivity index (χ4v) is 8.25. The normalized spacial score (nSPS) is 16.8. The Kier molecular flexibility index (Phi) is 20.7. The second kappa shape index (κ2) is 24.8. The maximum absolute atomic E-state index is 14.1. The van der Waals surface area contributed by atoms with E-state index in [9.17, 15) is 48.2 Å². The van der Waals surface area contributed by atoms with E-state index >= 15 is 0 Å². The molecule has 3 rings (SSSR count). The van der Waals surface area contributed by atoms with Crippen molar-refractivity contribution in [2.24, 2.45) is 23.5 Å². The Morgan fingerprint density at radius 2 is 1.58 bits per heavy atom. The molecule has 1 aromatic heterocycles. The first-order chi connectivity index (χ1) is 28.4. The minimum Gasteiger partial charge on any atom is -0.394 e. The van der Waals surface area contributed by atoms with Crippen LogP contribution in [0.4, 0.5) is 0 Å². The summed E-state index contributed by atoms with van der Waals surface area (Å²) in [5, 5.41) is 15.6. The van der Waals surface area contributed by atoms with Crippen LogP contribution in [-0.4, -0.2) is 102 Å². The molecule has 0 saturated carbocycles. The SMILES string of the molecule is CC(=O)N1CCC[C@H]1C(=O)N[C@@H](CC(C)C)C(=O)C[C@@H](Cc1cncn1CCCCCCCCc1ccccc1)C(=O)N[C@@H](CO)C(=O)C[C@H](C(N)=O)[C@@H](C)OP(=O)(O)O. The molecule has 0 aliphatic carbocycles. The number of phosphoric acid groups is 1. The Morgan fingerprint density at radius 1 is 0.933 bits per heavy atom. The highest BCUT2D eigenvalue weighted by Crippen LogP contribution is 2.39. The minimum absolute atomic E-state index is 0.0174. The van der Waals surface area contributed by atoms with Crippen molar-refractivity contribution in [3.05, 3.63) is 54.1 Å². The predicted molar refractivity (Wildman–Crippen MR) is 223 cm³/mol. The highest BCUT2D eigenvalue weighted by Gasteiger charge is 2.37. The van der Waals surface area contributed by atoms with E-state index in [1.807, 2.05) is 36.6 Å². The van der Waals surface area contributed by atoms with Gasteiger partial charge in [0.1, 0.15) is 12.1 Å². The Balaban J connectivity index is 1.76. The number of amides is 4. The Bertz CT molecular complexity index is 1770. The van der Waals surface area contributed by atoms with Crippen molar-refractivity contribution in [1.82, 2.24) is 25.1 Å². The average Bonchev–Trinajstić information content (AvgIpc) is 3.86. The Hall–Kier alpha value is -4.28. The van der Waals surface area contributed by atoms with Gasteiger partial charge in [-0.25, -0.2) is 9.55 Å². The summed E-state index contributed by atoms with van der Waals surface area (Å²) in [6.45, 7) is 6.47. The molecule has 1 aliphatic rings. The second-order valence-electron chi connectivity index (χ2n) is 16.3. The minimum atomic E-state index is -5.06. The smallest absolute Gasteiger partial charge is 0.394 e. The lowest BCUT2D eigenvalue weighted by atomic mass is 9.89. The topological polar surface area (TPSA) is 261 Å². The molecule has 0 spiro atoms. The first-order valence-electron chi connectivity index (χ1n) is 21.0. The zero-order valence-electron chi connectivity index (χ0n) is 35.4. The van der Waals surface area contributed by atoms with E-state index in [0.29, 0.717) is 31.6 Å². The molecule has 1 fully saturated rings. The zero-order valence-corrected chi connectivity index (χ0v) is 36.3. The molecule has 1 aliphatic heterocycles. The molecule has 0 bridgehead atoms. The molecule has 334 valence electrons. The van der Waals surface area contributed by atoms with E-state index in [0.717, 1.165) is 51.9 Å². The number of benzene rings is 1. The highest BCUT2D eigenvalue weighted by molar-refractivity contribution is 7.46. The number of primary amides is 1. The molecule has 1 aromatic carbocycles. The van der Waals surface area contributed by atoms with E-state index in [1.54, 1.807) is 12.5 Å². The van der Waals surface area contributed by atoms with Crippen LogP contribution in [0.3, 0.4) is 0 Å². The van der Waals surface area contributed by atoms with Gasteiger partial charge in [0.25, 0.3) is 0 Å². The van der Waals surface area contributed by atoms with E-state index in [-0.39, 0.29) is 31.1 Å². The van der Waals surface area contributed by atoms with Crippen LogP contribution in [-0.2, 0) is 57.2 Å².